The Labute approximate surface area is 264 Å². The van der Waals surface area contributed by atoms with Crippen LogP contribution in [0.5, 0.6) is 11.8 Å². The molecule has 2 fully saturated rings. The van der Waals surface area contributed by atoms with Crippen LogP contribution in [0, 0.1) is 0 Å². The first-order chi connectivity index (χ1) is 22.3. The van der Waals surface area contributed by atoms with Gasteiger partial charge in [-0.2, -0.15) is 5.21 Å². The van der Waals surface area contributed by atoms with E-state index in [2.05, 4.69) is 73.6 Å². The fraction of sp³-hybridized carbons (Fsp3) is 0.486. The number of unbranched alkanes of at least 4 members (excludes halogenated alkanes) is 1. The van der Waals surface area contributed by atoms with Gasteiger partial charge in [-0.05, 0) is 79.7 Å². The lowest BCUT2D eigenvalue weighted by Crippen LogP contribution is -2.22. The Morgan fingerprint density at radius 3 is 2.09 bits per heavy atom. The van der Waals surface area contributed by atoms with Gasteiger partial charge in [-0.3, -0.25) is 0 Å². The molecule has 2 aromatic carbocycles. The number of imidazole rings is 1. The van der Waals surface area contributed by atoms with Crippen LogP contribution in [0.2, 0.25) is 0 Å². The molecule has 234 valence electrons. The highest BCUT2D eigenvalue weighted by molar-refractivity contribution is 5.86. The molecule has 0 radical (unpaired) electrons. The summed E-state index contributed by atoms with van der Waals surface area (Å²) in [5, 5.41) is 24.3. The zero-order valence-electron chi connectivity index (χ0n) is 26.1. The van der Waals surface area contributed by atoms with Crippen molar-refractivity contribution in [2.45, 2.75) is 109 Å². The van der Waals surface area contributed by atoms with Crippen molar-refractivity contribution >= 4 is 11.0 Å². The Balaban J connectivity index is 1.35. The molecule has 1 N–H and O–H groups in total. The quantitative estimate of drug-likeness (QED) is 0.164. The first-order valence-electron chi connectivity index (χ1n) is 16.8. The predicted molar refractivity (Wildman–Crippen MR) is 173 cm³/mol. The third-order valence-corrected chi connectivity index (χ3v) is 9.25. The number of nitrogens with zero attached hydrogens (tertiary/aromatic N) is 7. The number of fused-ring (bicyclic) bond motifs is 1. The van der Waals surface area contributed by atoms with Crippen LogP contribution in [-0.2, 0) is 13.0 Å². The number of tetrazole rings is 1. The predicted octanol–water partition coefficient (Wildman–Crippen LogP) is 7.49. The lowest BCUT2D eigenvalue weighted by molar-refractivity contribution is 0.140. The van der Waals surface area contributed by atoms with E-state index in [1.54, 1.807) is 0 Å². The summed E-state index contributed by atoms with van der Waals surface area (Å²) in [7, 11) is 0. The standard InChI is InChI=1S/C35H42N8O2/c1-2-3-22-30-36-31-32(35(45-26-17-8-5-9-18-26)40-39-34(31)44-25-15-6-4-7-16-25)43(30)23-24-14-10-11-19-27(24)28-20-12-13-21-29(28)33-37-41-42-38-33/h10-14,19-21,25-26H,2-9,15-18,22-23H2,1H3,(H,37,38,41,42). The van der Waals surface area contributed by atoms with E-state index in [1.165, 1.54) is 38.5 Å². The molecule has 2 saturated carbocycles. The average molecular weight is 607 g/mol. The minimum Gasteiger partial charge on any atom is -0.472 e. The van der Waals surface area contributed by atoms with Gasteiger partial charge in [0, 0.05) is 12.0 Å². The molecule has 0 saturated heterocycles. The third kappa shape index (κ3) is 6.41. The van der Waals surface area contributed by atoms with Crippen molar-refractivity contribution in [3.63, 3.8) is 0 Å². The second-order valence-electron chi connectivity index (χ2n) is 12.4. The molecule has 2 aliphatic carbocycles. The maximum absolute atomic E-state index is 6.68. The minimum atomic E-state index is 0.137. The topological polar surface area (TPSA) is 117 Å². The van der Waals surface area contributed by atoms with E-state index in [9.17, 15) is 0 Å². The van der Waals surface area contributed by atoms with E-state index >= 15 is 0 Å². The number of aryl methyl sites for hydroxylation is 1. The summed E-state index contributed by atoms with van der Waals surface area (Å²) in [4.78, 5) is 5.25. The van der Waals surface area contributed by atoms with Crippen LogP contribution in [0.15, 0.2) is 48.5 Å². The van der Waals surface area contributed by atoms with Crippen LogP contribution in [-0.4, -0.2) is 52.6 Å². The Kier molecular flexibility index (Phi) is 8.98. The fourth-order valence-electron chi connectivity index (χ4n) is 6.87. The molecule has 45 heavy (non-hydrogen) atoms. The average Bonchev–Trinajstić information content (AvgIpc) is 3.76. The molecule has 5 aromatic rings. The van der Waals surface area contributed by atoms with Gasteiger partial charge in [-0.25, -0.2) is 4.98 Å². The Bertz CT molecular complexity index is 1700. The van der Waals surface area contributed by atoms with Crippen LogP contribution in [0.25, 0.3) is 33.5 Å². The zero-order valence-corrected chi connectivity index (χ0v) is 26.1. The molecule has 7 rings (SSSR count). The van der Waals surface area contributed by atoms with Gasteiger partial charge < -0.3 is 14.0 Å². The molecule has 10 nitrogen and oxygen atoms in total. The number of H-pyrrole nitrogens is 1. The summed E-state index contributed by atoms with van der Waals surface area (Å²) in [6.45, 7) is 2.82. The number of rotatable bonds is 11. The van der Waals surface area contributed by atoms with E-state index in [0.29, 0.717) is 24.1 Å². The molecule has 10 heteroatoms. The number of hydrogen-bond acceptors (Lipinski definition) is 8. The normalized spacial score (nSPS) is 16.3. The van der Waals surface area contributed by atoms with Crippen LogP contribution in [0.4, 0.5) is 0 Å². The van der Waals surface area contributed by atoms with E-state index in [0.717, 1.165) is 84.1 Å². The molecule has 2 aliphatic rings. The van der Waals surface area contributed by atoms with Gasteiger partial charge in [-0.1, -0.05) is 74.7 Å². The second kappa shape index (κ2) is 13.7. The highest BCUT2D eigenvalue weighted by Gasteiger charge is 2.27. The molecule has 0 aliphatic heterocycles. The minimum absolute atomic E-state index is 0.137. The first-order valence-corrected chi connectivity index (χ1v) is 16.8. The van der Waals surface area contributed by atoms with Gasteiger partial charge in [-0.15, -0.1) is 20.4 Å². The van der Waals surface area contributed by atoms with Crippen molar-refractivity contribution < 1.29 is 9.47 Å². The Morgan fingerprint density at radius 2 is 1.40 bits per heavy atom. The van der Waals surface area contributed by atoms with Gasteiger partial charge in [0.1, 0.15) is 23.5 Å². The Hall–Kier alpha value is -4.34. The van der Waals surface area contributed by atoms with E-state index in [-0.39, 0.29) is 12.2 Å². The van der Waals surface area contributed by atoms with Gasteiger partial charge in [0.05, 0.1) is 6.54 Å². The van der Waals surface area contributed by atoms with Crippen molar-refractivity contribution in [2.24, 2.45) is 0 Å². The fourth-order valence-corrected chi connectivity index (χ4v) is 6.87. The number of aromatic nitrogens is 8. The summed E-state index contributed by atoms with van der Waals surface area (Å²) >= 11 is 0. The molecule has 0 atom stereocenters. The number of hydrogen-bond donors (Lipinski definition) is 1. The van der Waals surface area contributed by atoms with E-state index < -0.39 is 0 Å². The maximum Gasteiger partial charge on any atom is 0.262 e. The molecule has 3 aromatic heterocycles. The number of ether oxygens (including phenoxy) is 2. The van der Waals surface area contributed by atoms with Gasteiger partial charge in [0.25, 0.3) is 11.8 Å². The number of benzene rings is 2. The van der Waals surface area contributed by atoms with Crippen molar-refractivity contribution in [1.29, 1.82) is 0 Å². The highest BCUT2D eigenvalue weighted by atomic mass is 16.5. The summed E-state index contributed by atoms with van der Waals surface area (Å²) in [5.74, 6) is 2.66. The monoisotopic (exact) mass is 606 g/mol. The molecule has 0 spiro atoms. The maximum atomic E-state index is 6.68. The van der Waals surface area contributed by atoms with Crippen molar-refractivity contribution in [2.75, 3.05) is 0 Å². The van der Waals surface area contributed by atoms with Crippen molar-refractivity contribution in [3.05, 3.63) is 59.9 Å². The number of aromatic amines is 1. The largest absolute Gasteiger partial charge is 0.472 e. The van der Waals surface area contributed by atoms with E-state index in [1.807, 2.05) is 12.1 Å². The van der Waals surface area contributed by atoms with Crippen LogP contribution >= 0.6 is 0 Å². The van der Waals surface area contributed by atoms with Gasteiger partial charge in [0.2, 0.25) is 5.82 Å². The highest BCUT2D eigenvalue weighted by Crippen LogP contribution is 2.37. The summed E-state index contributed by atoms with van der Waals surface area (Å²) < 4.78 is 15.5. The molecule has 0 amide bonds. The molecular weight excluding hydrogens is 564 g/mol. The number of nitrogens with one attached hydrogen (secondary N) is 1. The third-order valence-electron chi connectivity index (χ3n) is 9.25. The van der Waals surface area contributed by atoms with Gasteiger partial charge >= 0.3 is 0 Å². The molecular formula is C35H42N8O2. The zero-order chi connectivity index (χ0) is 30.4. The SMILES string of the molecule is CCCCc1nc2c(OC3CCCCC3)nnc(OC3CCCCC3)c2n1Cc1ccccc1-c1ccccc1-c1nn[nH]n1. The summed E-state index contributed by atoms with van der Waals surface area (Å²) in [6, 6.07) is 16.7. The molecule has 0 unspecified atom stereocenters. The van der Waals surface area contributed by atoms with Crippen LogP contribution < -0.4 is 9.47 Å². The lowest BCUT2D eigenvalue weighted by Gasteiger charge is -2.24. The Morgan fingerprint density at radius 1 is 0.756 bits per heavy atom. The van der Waals surface area contributed by atoms with Gasteiger partial charge in [0.15, 0.2) is 5.52 Å². The molecule has 0 bridgehead atoms. The first kappa shape index (κ1) is 29.4. The lowest BCUT2D eigenvalue weighted by atomic mass is 9.95. The van der Waals surface area contributed by atoms with E-state index in [4.69, 9.17) is 19.6 Å². The van der Waals surface area contributed by atoms with Crippen LogP contribution in [0.3, 0.4) is 0 Å². The second-order valence-corrected chi connectivity index (χ2v) is 12.4. The van der Waals surface area contributed by atoms with Crippen molar-refractivity contribution in [3.8, 4) is 34.3 Å². The summed E-state index contributed by atoms with van der Waals surface area (Å²) in [5.41, 5.74) is 5.88. The van der Waals surface area contributed by atoms with Crippen molar-refractivity contribution in [1.82, 2.24) is 40.4 Å². The smallest absolute Gasteiger partial charge is 0.262 e. The molecule has 3 heterocycles. The summed E-state index contributed by atoms with van der Waals surface area (Å²) in [6.07, 6.45) is 14.6. The van der Waals surface area contributed by atoms with Crippen LogP contribution in [0.1, 0.15) is 95.4 Å².